The summed E-state index contributed by atoms with van der Waals surface area (Å²) in [6, 6.07) is 0. The summed E-state index contributed by atoms with van der Waals surface area (Å²) in [6.45, 7) is 6.30. The Morgan fingerprint density at radius 2 is 0.615 bits per heavy atom. The van der Waals surface area contributed by atoms with Crippen LogP contribution in [0.4, 0.5) is 0 Å². The topological polar surface area (TPSA) is 78.9 Å². The highest BCUT2D eigenvalue weighted by molar-refractivity contribution is 5.71. The van der Waals surface area contributed by atoms with Gasteiger partial charge in [0.15, 0.2) is 6.10 Å². The summed E-state index contributed by atoms with van der Waals surface area (Å²) in [5.74, 6) is -0.978. The van der Waals surface area contributed by atoms with Gasteiger partial charge in [-0.2, -0.15) is 0 Å². The second-order valence-corrected chi connectivity index (χ2v) is 17.2. The van der Waals surface area contributed by atoms with Gasteiger partial charge >= 0.3 is 17.9 Å². The molecule has 0 aliphatic heterocycles. The van der Waals surface area contributed by atoms with Crippen molar-refractivity contribution in [2.24, 2.45) is 0 Å². The first-order valence-electron chi connectivity index (χ1n) is 26.5. The summed E-state index contributed by atoms with van der Waals surface area (Å²) in [4.78, 5) is 38.0. The second-order valence-electron chi connectivity index (χ2n) is 17.2. The summed E-state index contributed by atoms with van der Waals surface area (Å²) in [5.41, 5.74) is 0. The van der Waals surface area contributed by atoms with Crippen LogP contribution >= 0.6 is 0 Å². The molecule has 0 aromatic heterocycles. The van der Waals surface area contributed by atoms with Crippen molar-refractivity contribution in [2.75, 3.05) is 13.2 Å². The summed E-state index contributed by atoms with van der Waals surface area (Å²) >= 11 is 0. The largest absolute Gasteiger partial charge is 0.462 e. The predicted octanol–water partition coefficient (Wildman–Crippen LogP) is 17.5. The molecule has 0 saturated carbocycles. The average Bonchev–Trinajstić information content (AvgIpc) is 3.30. The predicted molar refractivity (Wildman–Crippen MR) is 279 cm³/mol. The molecule has 0 N–H and O–H groups in total. The van der Waals surface area contributed by atoms with Crippen molar-refractivity contribution in [1.82, 2.24) is 0 Å². The minimum atomic E-state index is -0.812. The van der Waals surface area contributed by atoms with E-state index < -0.39 is 6.10 Å². The lowest BCUT2D eigenvalue weighted by Gasteiger charge is -2.18. The third kappa shape index (κ3) is 50.9. The number of hydrogen-bond acceptors (Lipinski definition) is 6. The van der Waals surface area contributed by atoms with Crippen LogP contribution in [0, 0.1) is 0 Å². The van der Waals surface area contributed by atoms with Crippen molar-refractivity contribution >= 4 is 17.9 Å². The van der Waals surface area contributed by atoms with Crippen LogP contribution in [0.2, 0.25) is 0 Å². The van der Waals surface area contributed by atoms with Crippen molar-refractivity contribution in [1.29, 1.82) is 0 Å². The van der Waals surface area contributed by atoms with Gasteiger partial charge in [0, 0.05) is 19.3 Å². The molecule has 0 bridgehead atoms. The Labute approximate surface area is 400 Å². The van der Waals surface area contributed by atoms with Crippen molar-refractivity contribution in [2.45, 2.75) is 232 Å². The minimum absolute atomic E-state index is 0.106. The van der Waals surface area contributed by atoms with E-state index in [1.165, 1.54) is 89.9 Å². The summed E-state index contributed by atoms with van der Waals surface area (Å²) < 4.78 is 16.8. The van der Waals surface area contributed by atoms with Crippen LogP contribution in [0.25, 0.3) is 0 Å². The molecule has 0 amide bonds. The molecular weight excluding hydrogens is 805 g/mol. The molecular formula is C59H96O6. The zero-order valence-corrected chi connectivity index (χ0v) is 42.0. The highest BCUT2D eigenvalue weighted by Crippen LogP contribution is 2.14. The lowest BCUT2D eigenvalue weighted by atomic mass is 10.1. The zero-order chi connectivity index (χ0) is 47.2. The molecule has 1 atom stereocenters. The van der Waals surface area contributed by atoms with Crippen molar-refractivity contribution in [3.8, 4) is 0 Å². The molecule has 0 aromatic rings. The van der Waals surface area contributed by atoms with E-state index in [4.69, 9.17) is 14.2 Å². The van der Waals surface area contributed by atoms with E-state index in [1.807, 2.05) is 48.6 Å². The number of allylic oxidation sites excluding steroid dienone is 18. The standard InChI is InChI=1S/C59H96O6/c1-4-7-10-13-16-19-22-25-27-28-29-30-32-34-37-40-43-46-49-52-58(61)64-55-56(54-63-57(60)51-48-45-42-39-36-33-24-21-18-15-12-9-6-3)65-59(62)53-50-47-44-41-38-35-31-26-23-20-17-14-11-8-5-2/h8-9,11-12,14-15,17-18,20-21,23-24,26,28-29,31,35,38,56H,4-7,10,13,16,19,22,25,27,30,32-34,36-37,39-55H2,1-3H3/b11-8-,12-9-,17-14-,18-15-,23-20-,24-21-,29-28-,31-26-,38-35-. The van der Waals surface area contributed by atoms with Gasteiger partial charge in [-0.25, -0.2) is 0 Å². The molecule has 0 heterocycles. The van der Waals surface area contributed by atoms with Crippen LogP contribution in [0.1, 0.15) is 226 Å². The normalized spacial score (nSPS) is 13.0. The zero-order valence-electron chi connectivity index (χ0n) is 42.0. The van der Waals surface area contributed by atoms with Crippen molar-refractivity contribution in [3.63, 3.8) is 0 Å². The SMILES string of the molecule is CC\C=C/C=C\C=C/C=C\C=C/CCCCCC(=O)OC(COC(=O)CCCCCCC\C=C/C=C\C=C/CC)COC(=O)CCCCCCCCC/C=C\CCCCCCCCCC. The minimum Gasteiger partial charge on any atom is -0.462 e. The molecule has 0 saturated heterocycles. The first-order valence-corrected chi connectivity index (χ1v) is 26.5. The van der Waals surface area contributed by atoms with Crippen LogP contribution < -0.4 is 0 Å². The smallest absolute Gasteiger partial charge is 0.306 e. The average molecular weight is 901 g/mol. The van der Waals surface area contributed by atoms with E-state index in [0.29, 0.717) is 19.3 Å². The summed E-state index contributed by atoms with van der Waals surface area (Å²) in [5, 5.41) is 0. The Hall–Kier alpha value is -3.93. The Kier molecular flexibility index (Phi) is 49.5. The van der Waals surface area contributed by atoms with Gasteiger partial charge in [-0.15, -0.1) is 0 Å². The monoisotopic (exact) mass is 901 g/mol. The molecule has 0 radical (unpaired) electrons. The molecule has 6 nitrogen and oxygen atoms in total. The maximum absolute atomic E-state index is 12.8. The van der Waals surface area contributed by atoms with Crippen LogP contribution in [0.15, 0.2) is 109 Å². The third-order valence-corrected chi connectivity index (χ3v) is 10.9. The van der Waals surface area contributed by atoms with Crippen LogP contribution in [-0.2, 0) is 28.6 Å². The first kappa shape index (κ1) is 61.1. The number of esters is 3. The van der Waals surface area contributed by atoms with Crippen LogP contribution in [0.3, 0.4) is 0 Å². The molecule has 0 spiro atoms. The molecule has 6 heteroatoms. The van der Waals surface area contributed by atoms with Crippen molar-refractivity contribution < 1.29 is 28.6 Å². The third-order valence-electron chi connectivity index (χ3n) is 10.9. The number of ether oxygens (including phenoxy) is 3. The van der Waals surface area contributed by atoms with Gasteiger partial charge in [0.05, 0.1) is 0 Å². The summed E-state index contributed by atoms with van der Waals surface area (Å²) in [6.07, 6.45) is 70.8. The fraction of sp³-hybridized carbons (Fsp3) is 0.644. The number of unbranched alkanes of at least 4 members (excludes halogenated alkanes) is 23. The lowest BCUT2D eigenvalue weighted by molar-refractivity contribution is -0.167. The molecule has 0 aliphatic carbocycles. The molecule has 1 unspecified atom stereocenters. The summed E-state index contributed by atoms with van der Waals surface area (Å²) in [7, 11) is 0. The van der Waals surface area contributed by atoms with Gasteiger partial charge in [-0.1, -0.05) is 233 Å². The Morgan fingerprint density at radius 1 is 0.323 bits per heavy atom. The van der Waals surface area contributed by atoms with E-state index in [2.05, 4.69) is 81.5 Å². The van der Waals surface area contributed by atoms with Crippen LogP contribution in [0.5, 0.6) is 0 Å². The van der Waals surface area contributed by atoms with Crippen molar-refractivity contribution in [3.05, 3.63) is 109 Å². The molecule has 65 heavy (non-hydrogen) atoms. The van der Waals surface area contributed by atoms with E-state index >= 15 is 0 Å². The Morgan fingerprint density at radius 3 is 1.00 bits per heavy atom. The number of rotatable bonds is 46. The van der Waals surface area contributed by atoms with Gasteiger partial charge in [-0.3, -0.25) is 14.4 Å². The Balaban J connectivity index is 4.47. The van der Waals surface area contributed by atoms with Gasteiger partial charge in [0.25, 0.3) is 0 Å². The first-order chi connectivity index (χ1) is 32.0. The van der Waals surface area contributed by atoms with E-state index in [1.54, 1.807) is 0 Å². The van der Waals surface area contributed by atoms with E-state index in [9.17, 15) is 14.4 Å². The highest BCUT2D eigenvalue weighted by atomic mass is 16.6. The maximum Gasteiger partial charge on any atom is 0.306 e. The molecule has 368 valence electrons. The highest BCUT2D eigenvalue weighted by Gasteiger charge is 2.19. The second kappa shape index (κ2) is 52.7. The molecule has 0 aliphatic rings. The van der Waals surface area contributed by atoms with Gasteiger partial charge in [0.1, 0.15) is 13.2 Å². The quantitative estimate of drug-likeness (QED) is 0.0199. The van der Waals surface area contributed by atoms with E-state index in [0.717, 1.165) is 89.9 Å². The fourth-order valence-corrected chi connectivity index (χ4v) is 6.99. The molecule has 0 aromatic carbocycles. The number of carbonyl (C=O) groups is 3. The number of carbonyl (C=O) groups excluding carboxylic acids is 3. The maximum atomic E-state index is 12.8. The molecule has 0 fully saturated rings. The fourth-order valence-electron chi connectivity index (χ4n) is 6.99. The van der Waals surface area contributed by atoms with Gasteiger partial charge in [0.2, 0.25) is 0 Å². The van der Waals surface area contributed by atoms with Gasteiger partial charge < -0.3 is 14.2 Å². The Bertz CT molecular complexity index is 1360. The lowest BCUT2D eigenvalue weighted by Crippen LogP contribution is -2.30. The van der Waals surface area contributed by atoms with Crippen LogP contribution in [-0.4, -0.2) is 37.2 Å². The van der Waals surface area contributed by atoms with Gasteiger partial charge in [-0.05, 0) is 83.5 Å². The number of hydrogen-bond donors (Lipinski definition) is 0. The molecule has 0 rings (SSSR count). The van der Waals surface area contributed by atoms with E-state index in [-0.39, 0.29) is 37.5 Å².